The van der Waals surface area contributed by atoms with E-state index in [1.165, 1.54) is 44.9 Å². The van der Waals surface area contributed by atoms with E-state index in [-0.39, 0.29) is 0 Å². The number of alkyl halides is 1. The van der Waals surface area contributed by atoms with E-state index in [0.29, 0.717) is 11.3 Å². The van der Waals surface area contributed by atoms with E-state index in [9.17, 15) is 0 Å². The molecule has 0 fully saturated rings. The highest BCUT2D eigenvalue weighted by atomic mass is 35.5. The van der Waals surface area contributed by atoms with Gasteiger partial charge in [0.1, 0.15) is 0 Å². The van der Waals surface area contributed by atoms with Gasteiger partial charge in [-0.3, -0.25) is 0 Å². The number of hydrogen-bond acceptors (Lipinski definition) is 0. The Hall–Kier alpha value is 0.290. The molecule has 0 aliphatic carbocycles. The Morgan fingerprint density at radius 1 is 0.929 bits per heavy atom. The molecular formula is C13H27Cl. The molecule has 0 aliphatic heterocycles. The Morgan fingerprint density at radius 3 is 2.07 bits per heavy atom. The van der Waals surface area contributed by atoms with Crippen LogP contribution in [-0.2, 0) is 0 Å². The number of rotatable bonds is 9. The number of halogens is 1. The van der Waals surface area contributed by atoms with Gasteiger partial charge in [-0.1, -0.05) is 59.3 Å². The third-order valence-corrected chi connectivity index (χ3v) is 3.76. The zero-order valence-electron chi connectivity index (χ0n) is 10.2. The van der Waals surface area contributed by atoms with Crippen LogP contribution in [0.1, 0.15) is 72.1 Å². The first-order valence-electron chi connectivity index (χ1n) is 6.36. The molecule has 2 atom stereocenters. The van der Waals surface area contributed by atoms with Gasteiger partial charge in [0, 0.05) is 5.38 Å². The molecule has 0 aliphatic rings. The van der Waals surface area contributed by atoms with Crippen molar-refractivity contribution in [2.24, 2.45) is 5.92 Å². The Morgan fingerprint density at radius 2 is 1.50 bits per heavy atom. The predicted molar refractivity (Wildman–Crippen MR) is 67.1 cm³/mol. The molecule has 0 radical (unpaired) electrons. The SMILES string of the molecule is CCCCCCCCC(C)C(Cl)CC. The van der Waals surface area contributed by atoms with Crippen molar-refractivity contribution >= 4 is 11.6 Å². The van der Waals surface area contributed by atoms with Crippen molar-refractivity contribution in [3.8, 4) is 0 Å². The zero-order valence-corrected chi connectivity index (χ0v) is 10.9. The molecule has 0 bridgehead atoms. The van der Waals surface area contributed by atoms with Gasteiger partial charge in [-0.15, -0.1) is 11.6 Å². The summed E-state index contributed by atoms with van der Waals surface area (Å²) in [4.78, 5) is 0. The van der Waals surface area contributed by atoms with Gasteiger partial charge in [0.25, 0.3) is 0 Å². The van der Waals surface area contributed by atoms with Gasteiger partial charge in [0.15, 0.2) is 0 Å². The molecule has 0 heterocycles. The molecule has 2 unspecified atom stereocenters. The fraction of sp³-hybridized carbons (Fsp3) is 1.00. The maximum atomic E-state index is 6.18. The van der Waals surface area contributed by atoms with Crippen molar-refractivity contribution in [3.05, 3.63) is 0 Å². The average Bonchev–Trinajstić information content (AvgIpc) is 2.21. The second-order valence-electron chi connectivity index (χ2n) is 4.46. The zero-order chi connectivity index (χ0) is 10.8. The van der Waals surface area contributed by atoms with E-state index in [0.717, 1.165) is 6.42 Å². The first-order chi connectivity index (χ1) is 6.72. The van der Waals surface area contributed by atoms with Crippen LogP contribution >= 0.6 is 11.6 Å². The summed E-state index contributed by atoms with van der Waals surface area (Å²) < 4.78 is 0. The van der Waals surface area contributed by atoms with Crippen molar-refractivity contribution in [1.82, 2.24) is 0 Å². The molecule has 0 aromatic heterocycles. The summed E-state index contributed by atoms with van der Waals surface area (Å²) in [5, 5.41) is 0.394. The molecule has 0 saturated carbocycles. The summed E-state index contributed by atoms with van der Waals surface area (Å²) in [7, 11) is 0. The molecule has 14 heavy (non-hydrogen) atoms. The van der Waals surface area contributed by atoms with Crippen molar-refractivity contribution in [1.29, 1.82) is 0 Å². The molecule has 1 heteroatoms. The third kappa shape index (κ3) is 7.67. The number of unbranched alkanes of at least 4 members (excludes halogenated alkanes) is 5. The Bertz CT molecular complexity index is 112. The summed E-state index contributed by atoms with van der Waals surface area (Å²) >= 11 is 6.18. The summed E-state index contributed by atoms with van der Waals surface area (Å²) in [6.07, 6.45) is 10.8. The predicted octanol–water partition coefficient (Wildman–Crippen LogP) is 5.39. The first-order valence-corrected chi connectivity index (χ1v) is 6.80. The lowest BCUT2D eigenvalue weighted by Gasteiger charge is -2.15. The molecule has 0 rings (SSSR count). The van der Waals surface area contributed by atoms with E-state index < -0.39 is 0 Å². The average molecular weight is 219 g/mol. The normalized spacial score (nSPS) is 15.4. The summed E-state index contributed by atoms with van der Waals surface area (Å²) in [5.41, 5.74) is 0. The quantitative estimate of drug-likeness (QED) is 0.360. The third-order valence-electron chi connectivity index (χ3n) is 3.02. The minimum atomic E-state index is 0.394. The van der Waals surface area contributed by atoms with Crippen LogP contribution in [0, 0.1) is 5.92 Å². The maximum absolute atomic E-state index is 6.18. The van der Waals surface area contributed by atoms with Crippen LogP contribution in [0.5, 0.6) is 0 Å². The summed E-state index contributed by atoms with van der Waals surface area (Å²) in [5.74, 6) is 0.702. The Kier molecular flexibility index (Phi) is 10.0. The highest BCUT2D eigenvalue weighted by Crippen LogP contribution is 2.20. The van der Waals surface area contributed by atoms with Crippen molar-refractivity contribution < 1.29 is 0 Å². The fourth-order valence-electron chi connectivity index (χ4n) is 1.83. The van der Waals surface area contributed by atoms with Gasteiger partial charge in [-0.25, -0.2) is 0 Å². The number of hydrogen-bond donors (Lipinski definition) is 0. The Labute approximate surface area is 95.4 Å². The minimum absolute atomic E-state index is 0.394. The summed E-state index contributed by atoms with van der Waals surface area (Å²) in [6.45, 7) is 6.73. The van der Waals surface area contributed by atoms with Crippen molar-refractivity contribution in [3.63, 3.8) is 0 Å². The van der Waals surface area contributed by atoms with E-state index in [2.05, 4.69) is 20.8 Å². The first kappa shape index (κ1) is 14.3. The molecule has 0 spiro atoms. The van der Waals surface area contributed by atoms with Crippen LogP contribution in [0.4, 0.5) is 0 Å². The second-order valence-corrected chi connectivity index (χ2v) is 5.02. The molecule has 86 valence electrons. The van der Waals surface area contributed by atoms with Crippen LogP contribution < -0.4 is 0 Å². The lowest BCUT2D eigenvalue weighted by atomic mass is 9.97. The molecule has 0 aromatic rings. The highest BCUT2D eigenvalue weighted by molar-refractivity contribution is 6.20. The fourth-order valence-corrected chi connectivity index (χ4v) is 1.96. The van der Waals surface area contributed by atoms with E-state index >= 15 is 0 Å². The molecular weight excluding hydrogens is 192 g/mol. The van der Waals surface area contributed by atoms with Crippen LogP contribution in [0.3, 0.4) is 0 Å². The maximum Gasteiger partial charge on any atom is 0.0359 e. The van der Waals surface area contributed by atoms with Gasteiger partial charge in [-0.05, 0) is 18.8 Å². The standard InChI is InChI=1S/C13H27Cl/c1-4-6-7-8-9-10-11-12(3)13(14)5-2/h12-13H,4-11H2,1-3H3. The van der Waals surface area contributed by atoms with Crippen LogP contribution in [0.15, 0.2) is 0 Å². The van der Waals surface area contributed by atoms with Crippen LogP contribution in [-0.4, -0.2) is 5.38 Å². The van der Waals surface area contributed by atoms with Crippen molar-refractivity contribution in [2.75, 3.05) is 0 Å². The molecule has 0 N–H and O–H groups in total. The molecule has 0 aromatic carbocycles. The largest absolute Gasteiger partial charge is 0.123 e. The topological polar surface area (TPSA) is 0 Å². The van der Waals surface area contributed by atoms with E-state index in [1.807, 2.05) is 0 Å². The second kappa shape index (κ2) is 9.83. The van der Waals surface area contributed by atoms with Gasteiger partial charge in [-0.2, -0.15) is 0 Å². The molecule has 0 saturated heterocycles. The lowest BCUT2D eigenvalue weighted by Crippen LogP contribution is -2.09. The van der Waals surface area contributed by atoms with Gasteiger partial charge < -0.3 is 0 Å². The van der Waals surface area contributed by atoms with Gasteiger partial charge >= 0.3 is 0 Å². The molecule has 0 nitrogen and oxygen atoms in total. The van der Waals surface area contributed by atoms with Crippen LogP contribution in [0.25, 0.3) is 0 Å². The van der Waals surface area contributed by atoms with Gasteiger partial charge in [0.2, 0.25) is 0 Å². The van der Waals surface area contributed by atoms with Gasteiger partial charge in [0.05, 0.1) is 0 Å². The van der Waals surface area contributed by atoms with Crippen molar-refractivity contribution in [2.45, 2.75) is 77.5 Å². The highest BCUT2D eigenvalue weighted by Gasteiger charge is 2.10. The monoisotopic (exact) mass is 218 g/mol. The smallest absolute Gasteiger partial charge is 0.0359 e. The summed E-state index contributed by atoms with van der Waals surface area (Å²) in [6, 6.07) is 0. The van der Waals surface area contributed by atoms with E-state index in [1.54, 1.807) is 0 Å². The Balaban J connectivity index is 3.18. The van der Waals surface area contributed by atoms with Crippen LogP contribution in [0.2, 0.25) is 0 Å². The lowest BCUT2D eigenvalue weighted by molar-refractivity contribution is 0.458. The minimum Gasteiger partial charge on any atom is -0.123 e. The molecule has 0 amide bonds. The van der Waals surface area contributed by atoms with E-state index in [4.69, 9.17) is 11.6 Å².